The van der Waals surface area contributed by atoms with Crippen LogP contribution in [0.1, 0.15) is 24.8 Å². The van der Waals surface area contributed by atoms with E-state index in [1.165, 1.54) is 24.3 Å². The first-order valence-electron chi connectivity index (χ1n) is 5.35. The lowest BCUT2D eigenvalue weighted by Crippen LogP contribution is -2.09. The van der Waals surface area contributed by atoms with Crippen molar-refractivity contribution in [3.63, 3.8) is 0 Å². The van der Waals surface area contributed by atoms with Crippen LogP contribution in [0.2, 0.25) is 0 Å². The molecule has 0 fully saturated rings. The van der Waals surface area contributed by atoms with E-state index < -0.39 is 9.84 Å². The summed E-state index contributed by atoms with van der Waals surface area (Å²) < 4.78 is 36.0. The van der Waals surface area contributed by atoms with Crippen LogP contribution in [-0.2, 0) is 15.6 Å². The van der Waals surface area contributed by atoms with Gasteiger partial charge in [0.25, 0.3) is 0 Å². The molecule has 0 unspecified atom stereocenters. The van der Waals surface area contributed by atoms with Crippen molar-refractivity contribution < 1.29 is 12.8 Å². The summed E-state index contributed by atoms with van der Waals surface area (Å²) in [5.41, 5.74) is 0.590. The predicted molar refractivity (Wildman–Crippen MR) is 63.4 cm³/mol. The summed E-state index contributed by atoms with van der Waals surface area (Å²) in [4.78, 5) is 0. The average molecular weight is 255 g/mol. The van der Waals surface area contributed by atoms with Crippen LogP contribution in [0.4, 0.5) is 4.39 Å². The van der Waals surface area contributed by atoms with Gasteiger partial charge < -0.3 is 0 Å². The lowest BCUT2D eigenvalue weighted by Gasteiger charge is -2.03. The van der Waals surface area contributed by atoms with Crippen molar-refractivity contribution in [3.05, 3.63) is 35.6 Å². The van der Waals surface area contributed by atoms with Crippen LogP contribution in [-0.4, -0.2) is 14.2 Å². The van der Waals surface area contributed by atoms with Crippen molar-refractivity contribution in [3.8, 4) is 6.07 Å². The molecule has 0 aliphatic rings. The largest absolute Gasteiger partial charge is 0.228 e. The molecular weight excluding hydrogens is 241 g/mol. The summed E-state index contributed by atoms with van der Waals surface area (Å²) in [5, 5.41) is 8.32. The number of benzene rings is 1. The number of hydrogen-bond acceptors (Lipinski definition) is 3. The van der Waals surface area contributed by atoms with E-state index in [0.29, 0.717) is 24.8 Å². The normalized spacial score (nSPS) is 11.1. The molecule has 5 heteroatoms. The molecule has 17 heavy (non-hydrogen) atoms. The molecule has 0 saturated heterocycles. The molecule has 0 heterocycles. The Bertz CT molecular complexity index is 488. The standard InChI is InChI=1S/C12H14FNO2S/c13-12-6-4-11(5-7-12)10-17(15,16)9-3-1-2-8-14/h4-7H,1-3,9-10H2. The second-order valence-electron chi connectivity index (χ2n) is 3.83. The van der Waals surface area contributed by atoms with E-state index in [2.05, 4.69) is 0 Å². The minimum absolute atomic E-state index is 0.0696. The maximum Gasteiger partial charge on any atom is 0.154 e. The minimum Gasteiger partial charge on any atom is -0.228 e. The average Bonchev–Trinajstić information content (AvgIpc) is 2.27. The van der Waals surface area contributed by atoms with Gasteiger partial charge in [-0.1, -0.05) is 12.1 Å². The van der Waals surface area contributed by atoms with Gasteiger partial charge in [0.1, 0.15) is 5.82 Å². The predicted octanol–water partition coefficient (Wildman–Crippen LogP) is 2.43. The summed E-state index contributed by atoms with van der Waals surface area (Å²) in [5.74, 6) is -0.369. The van der Waals surface area contributed by atoms with Crippen LogP contribution in [0.15, 0.2) is 24.3 Å². The number of nitrogens with zero attached hydrogens (tertiary/aromatic N) is 1. The number of nitriles is 1. The Kier molecular flexibility index (Phi) is 5.11. The van der Waals surface area contributed by atoms with Gasteiger partial charge in [-0.05, 0) is 30.5 Å². The lowest BCUT2D eigenvalue weighted by molar-refractivity contribution is 0.590. The molecule has 0 N–H and O–H groups in total. The third kappa shape index (κ3) is 5.45. The number of sulfone groups is 1. The highest BCUT2D eigenvalue weighted by molar-refractivity contribution is 7.90. The molecule has 0 aliphatic carbocycles. The molecule has 0 radical (unpaired) electrons. The van der Waals surface area contributed by atoms with E-state index in [1.54, 1.807) is 0 Å². The number of hydrogen-bond donors (Lipinski definition) is 0. The van der Waals surface area contributed by atoms with Crippen LogP contribution in [0, 0.1) is 17.1 Å². The molecule has 3 nitrogen and oxygen atoms in total. The van der Waals surface area contributed by atoms with Crippen LogP contribution in [0.3, 0.4) is 0 Å². The molecule has 0 bridgehead atoms. The third-order valence-electron chi connectivity index (χ3n) is 2.29. The third-order valence-corrected chi connectivity index (χ3v) is 3.98. The Morgan fingerprint density at radius 3 is 2.41 bits per heavy atom. The highest BCUT2D eigenvalue weighted by atomic mass is 32.2. The minimum atomic E-state index is -3.16. The monoisotopic (exact) mass is 255 g/mol. The number of unbranched alkanes of at least 4 members (excludes halogenated alkanes) is 2. The molecule has 0 atom stereocenters. The van der Waals surface area contributed by atoms with Gasteiger partial charge in [0.2, 0.25) is 0 Å². The summed E-state index contributed by atoms with van der Waals surface area (Å²) >= 11 is 0. The molecule has 0 aliphatic heterocycles. The van der Waals surface area contributed by atoms with Crippen molar-refractivity contribution in [1.29, 1.82) is 5.26 Å². The SMILES string of the molecule is N#CCCCCS(=O)(=O)Cc1ccc(F)cc1. The summed E-state index contributed by atoms with van der Waals surface area (Å²) in [6.07, 6.45) is 1.47. The highest BCUT2D eigenvalue weighted by Gasteiger charge is 2.11. The molecule has 1 aromatic carbocycles. The highest BCUT2D eigenvalue weighted by Crippen LogP contribution is 2.10. The van der Waals surface area contributed by atoms with Crippen LogP contribution in [0.25, 0.3) is 0 Å². The van der Waals surface area contributed by atoms with E-state index in [4.69, 9.17) is 5.26 Å². The quantitative estimate of drug-likeness (QED) is 0.733. The van der Waals surface area contributed by atoms with Crippen molar-refractivity contribution >= 4 is 9.84 Å². The van der Waals surface area contributed by atoms with Crippen LogP contribution >= 0.6 is 0 Å². The summed E-state index contributed by atoms with van der Waals surface area (Å²) in [6.45, 7) is 0. The number of halogens is 1. The van der Waals surface area contributed by atoms with Crippen molar-refractivity contribution in [2.45, 2.75) is 25.0 Å². The van der Waals surface area contributed by atoms with Gasteiger partial charge in [-0.15, -0.1) is 0 Å². The first-order valence-corrected chi connectivity index (χ1v) is 7.17. The lowest BCUT2D eigenvalue weighted by atomic mass is 10.2. The molecular formula is C12H14FNO2S. The molecule has 0 saturated carbocycles. The zero-order valence-electron chi connectivity index (χ0n) is 9.39. The van der Waals surface area contributed by atoms with Crippen LogP contribution < -0.4 is 0 Å². The number of rotatable bonds is 6. The fourth-order valence-corrected chi connectivity index (χ4v) is 2.92. The van der Waals surface area contributed by atoms with Crippen molar-refractivity contribution in [2.24, 2.45) is 0 Å². The zero-order valence-corrected chi connectivity index (χ0v) is 10.2. The second kappa shape index (κ2) is 6.36. The Labute approximate surface area is 101 Å². The van der Waals surface area contributed by atoms with E-state index >= 15 is 0 Å². The molecule has 0 spiro atoms. The smallest absolute Gasteiger partial charge is 0.154 e. The van der Waals surface area contributed by atoms with Gasteiger partial charge in [-0.25, -0.2) is 12.8 Å². The Morgan fingerprint density at radius 1 is 1.18 bits per heavy atom. The Hall–Kier alpha value is -1.41. The van der Waals surface area contributed by atoms with Gasteiger partial charge in [-0.3, -0.25) is 0 Å². The van der Waals surface area contributed by atoms with Gasteiger partial charge in [-0.2, -0.15) is 5.26 Å². The zero-order chi connectivity index (χ0) is 12.7. The molecule has 92 valence electrons. The molecule has 0 amide bonds. The first kappa shape index (κ1) is 13.7. The summed E-state index contributed by atoms with van der Waals surface area (Å²) in [7, 11) is -3.16. The molecule has 1 rings (SSSR count). The van der Waals surface area contributed by atoms with E-state index in [9.17, 15) is 12.8 Å². The van der Waals surface area contributed by atoms with Gasteiger partial charge in [0.05, 0.1) is 17.6 Å². The summed E-state index contributed by atoms with van der Waals surface area (Å²) in [6, 6.07) is 7.42. The van der Waals surface area contributed by atoms with Crippen molar-refractivity contribution in [2.75, 3.05) is 5.75 Å². The topological polar surface area (TPSA) is 57.9 Å². The van der Waals surface area contributed by atoms with Gasteiger partial charge in [0, 0.05) is 6.42 Å². The van der Waals surface area contributed by atoms with Gasteiger partial charge in [0.15, 0.2) is 9.84 Å². The first-order chi connectivity index (χ1) is 8.03. The molecule has 0 aromatic heterocycles. The maximum atomic E-state index is 12.6. The Balaban J connectivity index is 2.49. The Morgan fingerprint density at radius 2 is 1.82 bits per heavy atom. The van der Waals surface area contributed by atoms with Crippen molar-refractivity contribution in [1.82, 2.24) is 0 Å². The fraction of sp³-hybridized carbons (Fsp3) is 0.417. The van der Waals surface area contributed by atoms with E-state index in [0.717, 1.165) is 0 Å². The molecule has 1 aromatic rings. The second-order valence-corrected chi connectivity index (χ2v) is 6.02. The maximum absolute atomic E-state index is 12.6. The fourth-order valence-electron chi connectivity index (χ4n) is 1.43. The van der Waals surface area contributed by atoms with Crippen LogP contribution in [0.5, 0.6) is 0 Å². The van der Waals surface area contributed by atoms with E-state index in [-0.39, 0.29) is 17.3 Å². The van der Waals surface area contributed by atoms with Gasteiger partial charge >= 0.3 is 0 Å². The van der Waals surface area contributed by atoms with E-state index in [1.807, 2.05) is 6.07 Å².